The molecule has 4 nitrogen and oxygen atoms in total. The number of carbonyl (C=O) groups excluding carboxylic acids is 2. The van der Waals surface area contributed by atoms with E-state index in [0.717, 1.165) is 12.8 Å². The van der Waals surface area contributed by atoms with Gasteiger partial charge in [-0.3, -0.25) is 9.59 Å². The molecule has 1 aromatic heterocycles. The van der Waals surface area contributed by atoms with E-state index in [0.29, 0.717) is 19.4 Å². The summed E-state index contributed by atoms with van der Waals surface area (Å²) in [6, 6.07) is 4.03. The third-order valence-electron chi connectivity index (χ3n) is 3.45. The summed E-state index contributed by atoms with van der Waals surface area (Å²) in [5, 5.41) is 4.86. The molecule has 0 saturated heterocycles. The van der Waals surface area contributed by atoms with Crippen molar-refractivity contribution in [3.8, 4) is 0 Å². The molecule has 18 heavy (non-hydrogen) atoms. The van der Waals surface area contributed by atoms with E-state index < -0.39 is 11.4 Å². The van der Waals surface area contributed by atoms with Crippen LogP contribution in [-0.2, 0) is 20.7 Å². The largest absolute Gasteiger partial charge is 0.468 e. The average Bonchev–Trinajstić information content (AvgIpc) is 2.80. The van der Waals surface area contributed by atoms with Gasteiger partial charge in [0.15, 0.2) is 0 Å². The molecule has 98 valence electrons. The normalized spacial score (nSPS) is 16.7. The zero-order valence-electron chi connectivity index (χ0n) is 10.4. The second-order valence-electron chi connectivity index (χ2n) is 4.51. The lowest BCUT2D eigenvalue weighted by Crippen LogP contribution is -2.51. The van der Waals surface area contributed by atoms with Crippen LogP contribution in [0, 0.1) is 5.41 Å². The summed E-state index contributed by atoms with van der Waals surface area (Å²) < 4.78 is 4.73. The number of amides is 1. The monoisotopic (exact) mass is 267 g/mol. The first-order chi connectivity index (χ1) is 8.69. The quantitative estimate of drug-likeness (QED) is 0.653. The number of methoxy groups -OCH3 is 1. The molecule has 1 N–H and O–H groups in total. The van der Waals surface area contributed by atoms with Crippen LogP contribution in [0.5, 0.6) is 0 Å². The Labute approximate surface area is 110 Å². The van der Waals surface area contributed by atoms with Crippen molar-refractivity contribution < 1.29 is 14.3 Å². The number of rotatable bonds is 5. The molecule has 1 heterocycles. The molecule has 1 fully saturated rings. The smallest absolute Gasteiger partial charge is 0.321 e. The minimum atomic E-state index is -0.913. The lowest BCUT2D eigenvalue weighted by atomic mass is 9.68. The van der Waals surface area contributed by atoms with Gasteiger partial charge in [-0.15, -0.1) is 11.3 Å². The highest BCUT2D eigenvalue weighted by Gasteiger charge is 2.51. The number of carbonyl (C=O) groups is 2. The van der Waals surface area contributed by atoms with Gasteiger partial charge in [0.25, 0.3) is 0 Å². The maximum Gasteiger partial charge on any atom is 0.321 e. The minimum absolute atomic E-state index is 0.183. The van der Waals surface area contributed by atoms with Crippen molar-refractivity contribution in [2.75, 3.05) is 13.7 Å². The Hall–Kier alpha value is -1.36. The van der Waals surface area contributed by atoms with E-state index in [1.54, 1.807) is 11.3 Å². The van der Waals surface area contributed by atoms with Crippen LogP contribution in [0.15, 0.2) is 17.5 Å². The Morgan fingerprint density at radius 1 is 1.50 bits per heavy atom. The molecule has 0 atom stereocenters. The Balaban J connectivity index is 1.85. The predicted molar refractivity (Wildman–Crippen MR) is 69.3 cm³/mol. The first kappa shape index (κ1) is 13.1. The van der Waals surface area contributed by atoms with Crippen molar-refractivity contribution >= 4 is 23.2 Å². The molecule has 2 rings (SSSR count). The van der Waals surface area contributed by atoms with Crippen LogP contribution in [-0.4, -0.2) is 25.5 Å². The van der Waals surface area contributed by atoms with Crippen LogP contribution in [0.2, 0.25) is 0 Å². The SMILES string of the molecule is COC(=O)C1(C(=O)NCCc2cccs2)CCC1. The number of hydrogen-bond donors (Lipinski definition) is 1. The van der Waals surface area contributed by atoms with Crippen LogP contribution >= 0.6 is 11.3 Å². The van der Waals surface area contributed by atoms with E-state index in [1.165, 1.54) is 12.0 Å². The Bertz CT molecular complexity index is 423. The van der Waals surface area contributed by atoms with Crippen LogP contribution in [0.25, 0.3) is 0 Å². The number of hydrogen-bond acceptors (Lipinski definition) is 4. The first-order valence-electron chi connectivity index (χ1n) is 6.08. The summed E-state index contributed by atoms with van der Waals surface area (Å²) in [4.78, 5) is 25.0. The fourth-order valence-corrected chi connectivity index (χ4v) is 2.88. The van der Waals surface area contributed by atoms with Crippen molar-refractivity contribution in [1.82, 2.24) is 5.32 Å². The summed E-state index contributed by atoms with van der Waals surface area (Å²) in [6.45, 7) is 0.568. The summed E-state index contributed by atoms with van der Waals surface area (Å²) >= 11 is 1.67. The minimum Gasteiger partial charge on any atom is -0.468 e. The lowest BCUT2D eigenvalue weighted by molar-refractivity contribution is -0.165. The van der Waals surface area contributed by atoms with Gasteiger partial charge in [0, 0.05) is 11.4 Å². The molecule has 0 radical (unpaired) electrons. The first-order valence-corrected chi connectivity index (χ1v) is 6.96. The third-order valence-corrected chi connectivity index (χ3v) is 4.39. The van der Waals surface area contributed by atoms with Crippen molar-refractivity contribution in [3.05, 3.63) is 22.4 Å². The van der Waals surface area contributed by atoms with Gasteiger partial charge in [-0.05, 0) is 30.7 Å². The van der Waals surface area contributed by atoms with Crippen molar-refractivity contribution in [3.63, 3.8) is 0 Å². The highest BCUT2D eigenvalue weighted by Crippen LogP contribution is 2.42. The fraction of sp³-hybridized carbons (Fsp3) is 0.538. The maximum atomic E-state index is 12.1. The Morgan fingerprint density at radius 2 is 2.28 bits per heavy atom. The number of esters is 1. The van der Waals surface area contributed by atoms with Gasteiger partial charge < -0.3 is 10.1 Å². The topological polar surface area (TPSA) is 55.4 Å². The number of thiophene rings is 1. The molecular formula is C13H17NO3S. The molecular weight excluding hydrogens is 250 g/mol. The zero-order chi connectivity index (χ0) is 13.0. The summed E-state index contributed by atoms with van der Waals surface area (Å²) in [7, 11) is 1.33. The van der Waals surface area contributed by atoms with Crippen LogP contribution in [0.3, 0.4) is 0 Å². The van der Waals surface area contributed by atoms with Gasteiger partial charge in [-0.2, -0.15) is 0 Å². The van der Waals surface area contributed by atoms with Gasteiger partial charge in [0.1, 0.15) is 5.41 Å². The van der Waals surface area contributed by atoms with E-state index in [-0.39, 0.29) is 5.91 Å². The van der Waals surface area contributed by atoms with Crippen molar-refractivity contribution in [2.45, 2.75) is 25.7 Å². The van der Waals surface area contributed by atoms with E-state index in [4.69, 9.17) is 4.74 Å². The lowest BCUT2D eigenvalue weighted by Gasteiger charge is -2.36. The van der Waals surface area contributed by atoms with Gasteiger partial charge >= 0.3 is 5.97 Å². The predicted octanol–water partition coefficient (Wildman–Crippen LogP) is 1.75. The second kappa shape index (κ2) is 5.52. The van der Waals surface area contributed by atoms with E-state index >= 15 is 0 Å². The molecule has 1 saturated carbocycles. The standard InChI is InChI=1S/C13H17NO3S/c1-17-12(16)13(6-3-7-13)11(15)14-8-5-10-4-2-9-18-10/h2,4,9H,3,5-8H2,1H3,(H,14,15). The number of nitrogens with one attached hydrogen (secondary N) is 1. The van der Waals surface area contributed by atoms with Crippen LogP contribution in [0.4, 0.5) is 0 Å². The van der Waals surface area contributed by atoms with E-state index in [1.807, 2.05) is 17.5 Å². The summed E-state index contributed by atoms with van der Waals surface area (Å²) in [5.41, 5.74) is -0.913. The van der Waals surface area contributed by atoms with Crippen molar-refractivity contribution in [1.29, 1.82) is 0 Å². The zero-order valence-corrected chi connectivity index (χ0v) is 11.2. The molecule has 1 amide bonds. The highest BCUT2D eigenvalue weighted by atomic mass is 32.1. The Kier molecular flexibility index (Phi) is 4.01. The molecule has 0 spiro atoms. The van der Waals surface area contributed by atoms with Crippen LogP contribution in [0.1, 0.15) is 24.1 Å². The molecule has 1 aromatic rings. The molecule has 0 unspecified atom stereocenters. The van der Waals surface area contributed by atoms with E-state index in [2.05, 4.69) is 5.32 Å². The molecule has 1 aliphatic rings. The maximum absolute atomic E-state index is 12.1. The molecule has 1 aliphatic carbocycles. The molecule has 0 aliphatic heterocycles. The van der Waals surface area contributed by atoms with Gasteiger partial charge in [0.2, 0.25) is 5.91 Å². The Morgan fingerprint density at radius 3 is 2.78 bits per heavy atom. The average molecular weight is 267 g/mol. The summed E-state index contributed by atoms with van der Waals surface area (Å²) in [6.07, 6.45) is 2.92. The molecule has 5 heteroatoms. The number of ether oxygens (including phenoxy) is 1. The fourth-order valence-electron chi connectivity index (χ4n) is 2.17. The van der Waals surface area contributed by atoms with Gasteiger partial charge in [-0.25, -0.2) is 0 Å². The van der Waals surface area contributed by atoms with Crippen molar-refractivity contribution in [2.24, 2.45) is 5.41 Å². The summed E-state index contributed by atoms with van der Waals surface area (Å²) in [5.74, 6) is -0.584. The van der Waals surface area contributed by atoms with Gasteiger partial charge in [-0.1, -0.05) is 12.5 Å². The molecule has 0 aromatic carbocycles. The second-order valence-corrected chi connectivity index (χ2v) is 5.54. The van der Waals surface area contributed by atoms with E-state index in [9.17, 15) is 9.59 Å². The third kappa shape index (κ3) is 2.41. The molecule has 0 bridgehead atoms. The van der Waals surface area contributed by atoms with Crippen LogP contribution < -0.4 is 5.32 Å². The highest BCUT2D eigenvalue weighted by molar-refractivity contribution is 7.09. The van der Waals surface area contributed by atoms with Gasteiger partial charge in [0.05, 0.1) is 7.11 Å².